The van der Waals surface area contributed by atoms with Crippen molar-refractivity contribution in [1.29, 1.82) is 0 Å². The first-order chi connectivity index (χ1) is 9.06. The molecule has 5 heteroatoms. The summed E-state index contributed by atoms with van der Waals surface area (Å²) in [5.74, 6) is 1.12. The molecular weight excluding hydrogens is 306 g/mol. The third kappa shape index (κ3) is 2.39. The molecule has 1 aliphatic carbocycles. The van der Waals surface area contributed by atoms with Crippen molar-refractivity contribution in [3.05, 3.63) is 28.4 Å². The molecule has 1 aromatic carbocycles. The van der Waals surface area contributed by atoms with Gasteiger partial charge in [-0.05, 0) is 36.0 Å². The van der Waals surface area contributed by atoms with Crippen LogP contribution in [0, 0.1) is 5.92 Å². The first-order valence-corrected chi connectivity index (χ1v) is 7.21. The number of rotatable bonds is 3. The van der Waals surface area contributed by atoms with Crippen molar-refractivity contribution in [2.75, 3.05) is 6.54 Å². The van der Waals surface area contributed by atoms with E-state index in [0.717, 1.165) is 23.0 Å². The average molecular weight is 322 g/mol. The molecule has 0 bridgehead atoms. The smallest absolute Gasteiger partial charge is 0.216 e. The van der Waals surface area contributed by atoms with Crippen molar-refractivity contribution in [3.63, 3.8) is 0 Å². The molecule has 19 heavy (non-hydrogen) atoms. The van der Waals surface area contributed by atoms with Crippen molar-refractivity contribution in [3.8, 4) is 0 Å². The maximum atomic E-state index is 11.0. The van der Waals surface area contributed by atoms with Crippen LogP contribution >= 0.6 is 15.9 Å². The molecule has 1 amide bonds. The second-order valence-corrected chi connectivity index (χ2v) is 6.09. The Bertz CT molecular complexity index is 649. The molecule has 1 heterocycles. The van der Waals surface area contributed by atoms with Gasteiger partial charge in [0.05, 0.1) is 5.52 Å². The number of hydrogen-bond acceptors (Lipinski definition) is 2. The van der Waals surface area contributed by atoms with Gasteiger partial charge in [-0.15, -0.1) is 0 Å². The predicted octanol–water partition coefficient (Wildman–Crippen LogP) is 2.58. The molecule has 1 N–H and O–H groups in total. The molecule has 0 saturated heterocycles. The number of hydrogen-bond donors (Lipinski definition) is 1. The first-order valence-electron chi connectivity index (χ1n) is 6.42. The largest absolute Gasteiger partial charge is 0.356 e. The van der Waals surface area contributed by atoms with Gasteiger partial charge < -0.3 is 5.32 Å². The summed E-state index contributed by atoms with van der Waals surface area (Å²) in [6.07, 6.45) is 3.20. The maximum absolute atomic E-state index is 11.0. The second kappa shape index (κ2) is 4.63. The zero-order valence-corrected chi connectivity index (χ0v) is 12.6. The number of carbonyl (C=O) groups excluding carboxylic acids is 1. The van der Waals surface area contributed by atoms with Crippen molar-refractivity contribution < 1.29 is 4.79 Å². The number of aryl methyl sites for hydroxylation is 1. The lowest BCUT2D eigenvalue weighted by Crippen LogP contribution is -2.22. The van der Waals surface area contributed by atoms with Gasteiger partial charge in [0.1, 0.15) is 0 Å². The number of nitrogens with one attached hydrogen (secondary N) is 1. The van der Waals surface area contributed by atoms with Crippen LogP contribution in [0.25, 0.3) is 10.9 Å². The van der Waals surface area contributed by atoms with E-state index in [0.29, 0.717) is 11.8 Å². The number of carbonyl (C=O) groups is 1. The monoisotopic (exact) mass is 321 g/mol. The molecule has 1 aromatic heterocycles. The van der Waals surface area contributed by atoms with Crippen molar-refractivity contribution in [2.24, 2.45) is 13.0 Å². The molecule has 2 unspecified atom stereocenters. The Hall–Kier alpha value is -1.36. The fourth-order valence-corrected chi connectivity index (χ4v) is 3.33. The van der Waals surface area contributed by atoms with Gasteiger partial charge in [-0.25, -0.2) is 0 Å². The SMILES string of the molecule is CC(=O)NCC1CC1c1c(Br)ccc2nn(C)cc12. The Morgan fingerprint density at radius 2 is 2.37 bits per heavy atom. The summed E-state index contributed by atoms with van der Waals surface area (Å²) in [7, 11) is 1.94. The number of fused-ring (bicyclic) bond motifs is 1. The molecule has 0 aliphatic heterocycles. The van der Waals surface area contributed by atoms with E-state index in [2.05, 4.69) is 38.6 Å². The minimum atomic E-state index is 0.0457. The summed E-state index contributed by atoms with van der Waals surface area (Å²) in [6, 6.07) is 4.10. The molecule has 2 aromatic rings. The Balaban J connectivity index is 1.89. The second-order valence-electron chi connectivity index (χ2n) is 5.24. The van der Waals surface area contributed by atoms with Crippen LogP contribution in [0.5, 0.6) is 0 Å². The van der Waals surface area contributed by atoms with Crippen molar-refractivity contribution in [2.45, 2.75) is 19.3 Å². The van der Waals surface area contributed by atoms with Crippen LogP contribution in [0.15, 0.2) is 22.8 Å². The molecule has 3 rings (SSSR count). The highest BCUT2D eigenvalue weighted by Gasteiger charge is 2.40. The van der Waals surface area contributed by atoms with Crippen LogP contribution in [-0.4, -0.2) is 22.2 Å². The highest BCUT2D eigenvalue weighted by Crippen LogP contribution is 2.51. The lowest BCUT2D eigenvalue weighted by atomic mass is 10.0. The van der Waals surface area contributed by atoms with E-state index in [4.69, 9.17) is 0 Å². The number of amides is 1. The van der Waals surface area contributed by atoms with Crippen LogP contribution in [-0.2, 0) is 11.8 Å². The highest BCUT2D eigenvalue weighted by atomic mass is 79.9. The van der Waals surface area contributed by atoms with Gasteiger partial charge in [0.15, 0.2) is 0 Å². The minimum Gasteiger partial charge on any atom is -0.356 e. The molecule has 1 saturated carbocycles. The lowest BCUT2D eigenvalue weighted by Gasteiger charge is -2.06. The van der Waals surface area contributed by atoms with Crippen LogP contribution in [0.1, 0.15) is 24.8 Å². The van der Waals surface area contributed by atoms with Gasteiger partial charge in [-0.2, -0.15) is 5.10 Å². The summed E-state index contributed by atoms with van der Waals surface area (Å²) in [6.45, 7) is 2.33. The molecule has 4 nitrogen and oxygen atoms in total. The zero-order chi connectivity index (χ0) is 13.6. The predicted molar refractivity (Wildman–Crippen MR) is 77.9 cm³/mol. The zero-order valence-electron chi connectivity index (χ0n) is 11.0. The third-order valence-corrected chi connectivity index (χ3v) is 4.39. The number of halogens is 1. The first kappa shape index (κ1) is 12.7. The van der Waals surface area contributed by atoms with E-state index in [9.17, 15) is 4.79 Å². The van der Waals surface area contributed by atoms with E-state index >= 15 is 0 Å². The van der Waals surface area contributed by atoms with E-state index in [1.54, 1.807) is 6.92 Å². The number of nitrogens with zero attached hydrogens (tertiary/aromatic N) is 2. The summed E-state index contributed by atoms with van der Waals surface area (Å²) < 4.78 is 2.99. The van der Waals surface area contributed by atoms with Crippen LogP contribution in [0.3, 0.4) is 0 Å². The highest BCUT2D eigenvalue weighted by molar-refractivity contribution is 9.10. The molecule has 100 valence electrons. The van der Waals surface area contributed by atoms with Gasteiger partial charge in [0, 0.05) is 36.6 Å². The lowest BCUT2D eigenvalue weighted by molar-refractivity contribution is -0.119. The molecule has 1 aliphatic rings. The molecule has 2 atom stereocenters. The van der Waals surface area contributed by atoms with E-state index < -0.39 is 0 Å². The fraction of sp³-hybridized carbons (Fsp3) is 0.429. The van der Waals surface area contributed by atoms with E-state index in [1.807, 2.05) is 17.8 Å². The van der Waals surface area contributed by atoms with Crippen LogP contribution in [0.2, 0.25) is 0 Å². The number of aromatic nitrogens is 2. The maximum Gasteiger partial charge on any atom is 0.216 e. The Labute approximate surface area is 120 Å². The standard InChI is InChI=1S/C14H16BrN3O/c1-8(19)16-6-9-5-10(9)14-11-7-18(2)17-13(11)4-3-12(14)15/h3-4,7,9-10H,5-6H2,1-2H3,(H,16,19). The van der Waals surface area contributed by atoms with Gasteiger partial charge in [-0.1, -0.05) is 15.9 Å². The fourth-order valence-electron chi connectivity index (χ4n) is 2.69. The van der Waals surface area contributed by atoms with Gasteiger partial charge in [0.2, 0.25) is 5.91 Å². The topological polar surface area (TPSA) is 46.9 Å². The molecule has 0 spiro atoms. The van der Waals surface area contributed by atoms with Gasteiger partial charge in [0.25, 0.3) is 0 Å². The van der Waals surface area contributed by atoms with Crippen LogP contribution < -0.4 is 5.32 Å². The third-order valence-electron chi connectivity index (χ3n) is 3.70. The minimum absolute atomic E-state index is 0.0457. The molecular formula is C14H16BrN3O. The normalized spacial score (nSPS) is 21.6. The van der Waals surface area contributed by atoms with E-state index in [-0.39, 0.29) is 5.91 Å². The van der Waals surface area contributed by atoms with Crippen molar-refractivity contribution >= 4 is 32.7 Å². The van der Waals surface area contributed by atoms with Gasteiger partial charge in [-0.3, -0.25) is 9.48 Å². The van der Waals surface area contributed by atoms with Crippen molar-refractivity contribution in [1.82, 2.24) is 15.1 Å². The quantitative estimate of drug-likeness (QED) is 0.944. The van der Waals surface area contributed by atoms with Gasteiger partial charge >= 0.3 is 0 Å². The summed E-state index contributed by atoms with van der Waals surface area (Å²) in [5.41, 5.74) is 2.37. The summed E-state index contributed by atoms with van der Waals surface area (Å²) in [5, 5.41) is 8.57. The Morgan fingerprint density at radius 3 is 3.11 bits per heavy atom. The summed E-state index contributed by atoms with van der Waals surface area (Å²) >= 11 is 3.65. The number of benzene rings is 1. The van der Waals surface area contributed by atoms with E-state index in [1.165, 1.54) is 10.9 Å². The summed E-state index contributed by atoms with van der Waals surface area (Å²) in [4.78, 5) is 11.0. The average Bonchev–Trinajstić information content (AvgIpc) is 3.00. The Morgan fingerprint density at radius 1 is 1.58 bits per heavy atom. The Kier molecular flexibility index (Phi) is 3.09. The molecule has 0 radical (unpaired) electrons. The van der Waals surface area contributed by atoms with Crippen LogP contribution in [0.4, 0.5) is 0 Å². The molecule has 1 fully saturated rings.